The largest absolute Gasteiger partial charge is 0.497 e. The highest BCUT2D eigenvalue weighted by Crippen LogP contribution is 2.29. The number of carbonyl (C=O) groups is 2. The molecule has 0 radical (unpaired) electrons. The van der Waals surface area contributed by atoms with Gasteiger partial charge in [0.05, 0.1) is 13.2 Å². The Kier molecular flexibility index (Phi) is 10.1. The summed E-state index contributed by atoms with van der Waals surface area (Å²) in [4.78, 5) is 26.9. The van der Waals surface area contributed by atoms with E-state index in [1.807, 2.05) is 24.3 Å². The van der Waals surface area contributed by atoms with Crippen LogP contribution in [0.4, 0.5) is 10.5 Å². The molecule has 3 rings (SSSR count). The number of esters is 1. The molecule has 2 aromatic carbocycles. The zero-order chi connectivity index (χ0) is 27.9. The zero-order valence-corrected chi connectivity index (χ0v) is 24.0. The molecule has 1 amide bonds. The monoisotopic (exact) mass is 564 g/mol. The van der Waals surface area contributed by atoms with Crippen molar-refractivity contribution in [3.63, 3.8) is 0 Å². The highest BCUT2D eigenvalue weighted by atomic mass is 32.2. The van der Waals surface area contributed by atoms with Crippen LogP contribution in [0.2, 0.25) is 0 Å². The van der Waals surface area contributed by atoms with Crippen LogP contribution >= 0.6 is 11.8 Å². The second-order valence-corrected chi connectivity index (χ2v) is 13.5. The number of para-hydroxylation sites is 1. The minimum Gasteiger partial charge on any atom is -0.497 e. The standard InChI is InChI=1S/C27H36N2O7S2/c1-27(2,3)36-24(30)17-29(20-9-7-6-8-10-20)26(31)35-25(38(5,32)33)23-15-22(16-28-23)37-18-19-11-13-21(34-4)14-12-19/h6-14,22-23,25,28H,15-18H2,1-5H3/t22-,23+,25?/m1/s1. The number of methoxy groups -OCH3 is 1. The first-order valence-electron chi connectivity index (χ1n) is 12.3. The fourth-order valence-electron chi connectivity index (χ4n) is 4.01. The third-order valence-corrected chi connectivity index (χ3v) is 8.33. The Balaban J connectivity index is 1.69. The lowest BCUT2D eigenvalue weighted by Crippen LogP contribution is -2.47. The molecule has 1 unspecified atom stereocenters. The van der Waals surface area contributed by atoms with Crippen LogP contribution in [-0.4, -0.2) is 69.3 Å². The van der Waals surface area contributed by atoms with E-state index in [0.29, 0.717) is 18.7 Å². The van der Waals surface area contributed by atoms with Crippen molar-refractivity contribution in [1.29, 1.82) is 0 Å². The van der Waals surface area contributed by atoms with Gasteiger partial charge in [0.2, 0.25) is 5.44 Å². The van der Waals surface area contributed by atoms with Crippen molar-refractivity contribution in [3.8, 4) is 5.75 Å². The van der Waals surface area contributed by atoms with E-state index in [-0.39, 0.29) is 5.25 Å². The molecule has 0 bridgehead atoms. The molecule has 0 aromatic heterocycles. The van der Waals surface area contributed by atoms with Gasteiger partial charge < -0.3 is 19.5 Å². The van der Waals surface area contributed by atoms with Gasteiger partial charge in [-0.05, 0) is 57.0 Å². The number of hydrogen-bond acceptors (Lipinski definition) is 9. The Morgan fingerprint density at radius 1 is 1.11 bits per heavy atom. The van der Waals surface area contributed by atoms with E-state index in [1.54, 1.807) is 70.0 Å². The topological polar surface area (TPSA) is 111 Å². The summed E-state index contributed by atoms with van der Waals surface area (Å²) >= 11 is 1.71. The van der Waals surface area contributed by atoms with Crippen molar-refractivity contribution >= 4 is 39.3 Å². The Morgan fingerprint density at radius 3 is 2.34 bits per heavy atom. The molecular weight excluding hydrogens is 528 g/mol. The maximum atomic E-state index is 13.3. The zero-order valence-electron chi connectivity index (χ0n) is 22.4. The number of hydrogen-bond donors (Lipinski definition) is 1. The number of amides is 1. The predicted molar refractivity (Wildman–Crippen MR) is 149 cm³/mol. The highest BCUT2D eigenvalue weighted by molar-refractivity contribution is 7.99. The summed E-state index contributed by atoms with van der Waals surface area (Å²) < 4.78 is 41.6. The third kappa shape index (κ3) is 8.92. The molecule has 208 valence electrons. The van der Waals surface area contributed by atoms with Crippen LogP contribution in [0.1, 0.15) is 32.8 Å². The summed E-state index contributed by atoms with van der Waals surface area (Å²) in [7, 11) is -2.17. The number of sulfone groups is 1. The van der Waals surface area contributed by atoms with Crippen molar-refractivity contribution in [2.75, 3.05) is 31.4 Å². The van der Waals surface area contributed by atoms with Gasteiger partial charge in [-0.3, -0.25) is 9.69 Å². The lowest BCUT2D eigenvalue weighted by Gasteiger charge is -2.28. The summed E-state index contributed by atoms with van der Waals surface area (Å²) in [5, 5.41) is 3.35. The van der Waals surface area contributed by atoms with Crippen LogP contribution < -0.4 is 15.0 Å². The molecule has 1 aliphatic heterocycles. The molecule has 1 aliphatic rings. The van der Waals surface area contributed by atoms with E-state index in [9.17, 15) is 18.0 Å². The third-order valence-electron chi connectivity index (χ3n) is 5.73. The smallest absolute Gasteiger partial charge is 0.416 e. The Hall–Kier alpha value is -2.76. The fourth-order valence-corrected chi connectivity index (χ4v) is 6.25. The molecule has 1 N–H and O–H groups in total. The van der Waals surface area contributed by atoms with Crippen LogP contribution in [0, 0.1) is 0 Å². The maximum Gasteiger partial charge on any atom is 0.416 e. The summed E-state index contributed by atoms with van der Waals surface area (Å²) in [5.74, 6) is 0.905. The molecule has 2 aromatic rings. The lowest BCUT2D eigenvalue weighted by atomic mass is 10.2. The van der Waals surface area contributed by atoms with E-state index in [4.69, 9.17) is 14.2 Å². The van der Waals surface area contributed by atoms with Gasteiger partial charge in [-0.25, -0.2) is 13.2 Å². The molecular formula is C27H36N2O7S2. The molecule has 1 fully saturated rings. The predicted octanol–water partition coefficient (Wildman–Crippen LogP) is 4.01. The Bertz CT molecular complexity index is 1180. The second kappa shape index (κ2) is 12.9. The number of ether oxygens (including phenoxy) is 3. The summed E-state index contributed by atoms with van der Waals surface area (Å²) in [6, 6.07) is 15.7. The average Bonchev–Trinajstić information content (AvgIpc) is 3.32. The summed E-state index contributed by atoms with van der Waals surface area (Å²) in [5.41, 5.74) is -0.634. The van der Waals surface area contributed by atoms with Gasteiger partial charge in [-0.15, -0.1) is 0 Å². The van der Waals surface area contributed by atoms with Crippen molar-refractivity contribution in [1.82, 2.24) is 5.32 Å². The van der Waals surface area contributed by atoms with E-state index in [1.165, 1.54) is 0 Å². The van der Waals surface area contributed by atoms with Crippen molar-refractivity contribution in [3.05, 3.63) is 60.2 Å². The van der Waals surface area contributed by atoms with Crippen molar-refractivity contribution in [2.45, 2.75) is 55.3 Å². The van der Waals surface area contributed by atoms with E-state index in [0.717, 1.165) is 28.2 Å². The molecule has 11 heteroatoms. The van der Waals surface area contributed by atoms with Crippen LogP contribution in [0.5, 0.6) is 5.75 Å². The number of thioether (sulfide) groups is 1. The van der Waals surface area contributed by atoms with Gasteiger partial charge in [0, 0.05) is 29.5 Å². The first-order valence-corrected chi connectivity index (χ1v) is 15.3. The van der Waals surface area contributed by atoms with Gasteiger partial charge in [0.25, 0.3) is 0 Å². The molecule has 3 atom stereocenters. The van der Waals surface area contributed by atoms with Crippen LogP contribution in [0.3, 0.4) is 0 Å². The molecule has 1 saturated heterocycles. The minimum atomic E-state index is -3.79. The van der Waals surface area contributed by atoms with Gasteiger partial charge in [0.1, 0.15) is 17.9 Å². The number of nitrogens with zero attached hydrogens (tertiary/aromatic N) is 1. The molecule has 9 nitrogen and oxygen atoms in total. The van der Waals surface area contributed by atoms with Gasteiger partial charge >= 0.3 is 12.1 Å². The SMILES string of the molecule is COc1ccc(CS[C@H]2CN[C@H](C(OC(=O)N(CC(=O)OC(C)(C)C)c3ccccc3)S(C)(=O)=O)C2)cc1. The van der Waals surface area contributed by atoms with E-state index < -0.39 is 45.5 Å². The van der Waals surface area contributed by atoms with Crippen LogP contribution in [-0.2, 0) is 29.9 Å². The molecule has 0 saturated carbocycles. The second-order valence-electron chi connectivity index (χ2n) is 10.1. The Morgan fingerprint density at radius 2 is 1.76 bits per heavy atom. The average molecular weight is 565 g/mol. The van der Waals surface area contributed by atoms with Gasteiger partial charge in [-0.1, -0.05) is 30.3 Å². The minimum absolute atomic E-state index is 0.136. The van der Waals surface area contributed by atoms with E-state index >= 15 is 0 Å². The van der Waals surface area contributed by atoms with Crippen LogP contribution in [0.15, 0.2) is 54.6 Å². The first kappa shape index (κ1) is 29.8. The van der Waals surface area contributed by atoms with E-state index in [2.05, 4.69) is 5.32 Å². The van der Waals surface area contributed by atoms with Gasteiger partial charge in [0.15, 0.2) is 9.84 Å². The lowest BCUT2D eigenvalue weighted by molar-refractivity contribution is -0.152. The first-order chi connectivity index (χ1) is 17.9. The normalized spacial score (nSPS) is 18.4. The number of anilines is 1. The summed E-state index contributed by atoms with van der Waals surface area (Å²) in [6.07, 6.45) is 0.614. The fraction of sp³-hybridized carbons (Fsp3) is 0.481. The molecule has 38 heavy (non-hydrogen) atoms. The van der Waals surface area contributed by atoms with Crippen molar-refractivity contribution < 1.29 is 32.2 Å². The Labute approximate surface area is 229 Å². The summed E-state index contributed by atoms with van der Waals surface area (Å²) in [6.45, 7) is 5.34. The number of carbonyl (C=O) groups excluding carboxylic acids is 2. The van der Waals surface area contributed by atoms with Gasteiger partial charge in [-0.2, -0.15) is 11.8 Å². The molecule has 0 aliphatic carbocycles. The number of benzene rings is 2. The van der Waals surface area contributed by atoms with Crippen LogP contribution in [0.25, 0.3) is 0 Å². The molecule has 0 spiro atoms. The highest BCUT2D eigenvalue weighted by Gasteiger charge is 2.40. The van der Waals surface area contributed by atoms with Crippen molar-refractivity contribution in [2.24, 2.45) is 0 Å². The maximum absolute atomic E-state index is 13.3. The number of nitrogens with one attached hydrogen (secondary N) is 1. The quantitative estimate of drug-likeness (QED) is 0.428. The number of rotatable bonds is 10. The molecule has 1 heterocycles.